The number of carbonyl (C=O) groups excluding carboxylic acids is 1. The maximum Gasteiger partial charge on any atom is 0.238 e. The number of hydrogen-bond donors (Lipinski definition) is 1. The molecule has 2 aliphatic rings. The summed E-state index contributed by atoms with van der Waals surface area (Å²) in [5.74, 6) is 0.452. The van der Waals surface area contributed by atoms with Crippen molar-refractivity contribution in [1.29, 1.82) is 5.26 Å². The van der Waals surface area contributed by atoms with Crippen LogP contribution in [0.25, 0.3) is 0 Å². The quantitative estimate of drug-likeness (QED) is 0.908. The predicted molar refractivity (Wildman–Crippen MR) is 85.3 cm³/mol. The molecular weight excluding hydrogens is 298 g/mol. The molecule has 0 unspecified atom stereocenters. The van der Waals surface area contributed by atoms with E-state index in [0.717, 1.165) is 44.3 Å². The van der Waals surface area contributed by atoms with Crippen LogP contribution in [0.5, 0.6) is 0 Å². The van der Waals surface area contributed by atoms with Crippen LogP contribution in [0.3, 0.4) is 0 Å². The zero-order valence-corrected chi connectivity index (χ0v) is 13.2. The fourth-order valence-electron chi connectivity index (χ4n) is 3.18. The van der Waals surface area contributed by atoms with E-state index in [0.29, 0.717) is 10.9 Å². The van der Waals surface area contributed by atoms with Crippen LogP contribution in [0, 0.1) is 17.2 Å². The lowest BCUT2D eigenvalue weighted by Crippen LogP contribution is -2.47. The first-order valence-electron chi connectivity index (χ1n) is 7.88. The van der Waals surface area contributed by atoms with Crippen LogP contribution in [-0.2, 0) is 4.79 Å². The summed E-state index contributed by atoms with van der Waals surface area (Å²) in [4.78, 5) is 15.0. The topological polar surface area (TPSA) is 56.1 Å². The summed E-state index contributed by atoms with van der Waals surface area (Å²) in [5.41, 5.74) is 0.774. The van der Waals surface area contributed by atoms with Crippen LogP contribution in [0.4, 0.5) is 0 Å². The van der Waals surface area contributed by atoms with Crippen molar-refractivity contribution in [3.05, 3.63) is 34.9 Å². The van der Waals surface area contributed by atoms with Crippen molar-refractivity contribution in [1.82, 2.24) is 10.2 Å². The highest BCUT2D eigenvalue weighted by Gasteiger charge is 2.41. The minimum Gasteiger partial charge on any atom is -0.335 e. The molecule has 116 valence electrons. The van der Waals surface area contributed by atoms with Gasteiger partial charge in [0.15, 0.2) is 0 Å². The van der Waals surface area contributed by atoms with Gasteiger partial charge in [-0.25, -0.2) is 0 Å². The third-order valence-electron chi connectivity index (χ3n) is 4.49. The molecule has 1 saturated heterocycles. The summed E-state index contributed by atoms with van der Waals surface area (Å²) in [5, 5.41) is 12.9. The van der Waals surface area contributed by atoms with Gasteiger partial charge in [0.2, 0.25) is 5.91 Å². The minimum absolute atomic E-state index is 0.00843. The zero-order valence-electron chi connectivity index (χ0n) is 12.5. The largest absolute Gasteiger partial charge is 0.335 e. The Morgan fingerprint density at radius 1 is 1.27 bits per heavy atom. The monoisotopic (exact) mass is 317 g/mol. The molecular formula is C17H20ClN3O. The van der Waals surface area contributed by atoms with E-state index in [1.807, 2.05) is 0 Å². The number of likely N-dealkylation sites (tertiary alicyclic amines) is 1. The van der Waals surface area contributed by atoms with Crippen molar-refractivity contribution in [3.63, 3.8) is 0 Å². The number of carbonyl (C=O) groups is 1. The summed E-state index contributed by atoms with van der Waals surface area (Å²) < 4.78 is 0. The van der Waals surface area contributed by atoms with Gasteiger partial charge < -0.3 is 5.32 Å². The molecule has 0 radical (unpaired) electrons. The Morgan fingerprint density at radius 3 is 2.45 bits per heavy atom. The van der Waals surface area contributed by atoms with Crippen LogP contribution in [0.1, 0.15) is 37.3 Å². The number of nitrogens with zero attached hydrogens (tertiary/aromatic N) is 2. The molecule has 1 amide bonds. The molecule has 1 heterocycles. The Hall–Kier alpha value is -1.57. The zero-order chi connectivity index (χ0) is 15.5. The number of rotatable bonds is 5. The van der Waals surface area contributed by atoms with E-state index >= 15 is 0 Å². The maximum absolute atomic E-state index is 12.7. The van der Waals surface area contributed by atoms with Gasteiger partial charge in [-0.15, -0.1) is 0 Å². The molecule has 2 fully saturated rings. The van der Waals surface area contributed by atoms with Crippen molar-refractivity contribution >= 4 is 17.5 Å². The smallest absolute Gasteiger partial charge is 0.238 e. The van der Waals surface area contributed by atoms with Crippen molar-refractivity contribution in [2.75, 3.05) is 13.1 Å². The standard InChI is InChI=1S/C17H20ClN3O/c18-14-7-5-12(6-8-14)15(11-19)20-17(22)16(13-3-4-13)21-9-1-2-10-21/h5-8,13,15-16H,1-4,9-10H2,(H,20,22)/t15-,16-/m0/s1. The Morgan fingerprint density at radius 2 is 1.91 bits per heavy atom. The molecule has 3 rings (SSSR count). The lowest BCUT2D eigenvalue weighted by atomic mass is 10.1. The van der Waals surface area contributed by atoms with Gasteiger partial charge in [0, 0.05) is 5.02 Å². The lowest BCUT2D eigenvalue weighted by Gasteiger charge is -2.27. The molecule has 1 aromatic rings. The number of nitriles is 1. The molecule has 5 heteroatoms. The second-order valence-corrected chi connectivity index (χ2v) is 6.58. The van der Waals surface area contributed by atoms with Crippen LogP contribution in [0.15, 0.2) is 24.3 Å². The fourth-order valence-corrected chi connectivity index (χ4v) is 3.31. The van der Waals surface area contributed by atoms with Crippen molar-refractivity contribution < 1.29 is 4.79 Å². The number of nitrogens with one attached hydrogen (secondary N) is 1. The normalized spacial score (nSPS) is 21.1. The molecule has 1 aliphatic carbocycles. The summed E-state index contributed by atoms with van der Waals surface area (Å²) in [7, 11) is 0. The molecule has 1 N–H and O–H groups in total. The number of amides is 1. The average molecular weight is 318 g/mol. The highest BCUT2D eigenvalue weighted by molar-refractivity contribution is 6.30. The molecule has 1 saturated carbocycles. The molecule has 2 atom stereocenters. The number of hydrogen-bond acceptors (Lipinski definition) is 3. The highest BCUT2D eigenvalue weighted by atomic mass is 35.5. The Labute approximate surface area is 136 Å². The van der Waals surface area contributed by atoms with E-state index in [1.165, 1.54) is 0 Å². The second-order valence-electron chi connectivity index (χ2n) is 6.15. The summed E-state index contributed by atoms with van der Waals surface area (Å²) in [6.07, 6.45) is 4.56. The SMILES string of the molecule is N#C[C@H](NC(=O)[C@H](C1CC1)N1CCCC1)c1ccc(Cl)cc1. The first-order valence-corrected chi connectivity index (χ1v) is 8.26. The van der Waals surface area contributed by atoms with Crippen LogP contribution >= 0.6 is 11.6 Å². The minimum atomic E-state index is -0.617. The van der Waals surface area contributed by atoms with Gasteiger partial charge in [-0.1, -0.05) is 23.7 Å². The van der Waals surface area contributed by atoms with Crippen LogP contribution < -0.4 is 5.32 Å². The first-order chi connectivity index (χ1) is 10.7. The molecule has 4 nitrogen and oxygen atoms in total. The molecule has 0 spiro atoms. The number of benzene rings is 1. The van der Waals surface area contributed by atoms with Crippen molar-refractivity contribution in [2.45, 2.75) is 37.8 Å². The number of halogens is 1. The molecule has 1 aliphatic heterocycles. The maximum atomic E-state index is 12.7. The van der Waals surface area contributed by atoms with Gasteiger partial charge in [-0.3, -0.25) is 9.69 Å². The van der Waals surface area contributed by atoms with Gasteiger partial charge in [-0.05, 0) is 62.4 Å². The van der Waals surface area contributed by atoms with Gasteiger partial charge in [-0.2, -0.15) is 5.26 Å². The Bertz CT molecular complexity index is 571. The molecule has 0 aromatic heterocycles. The van der Waals surface area contributed by atoms with E-state index < -0.39 is 6.04 Å². The fraction of sp³-hybridized carbons (Fsp3) is 0.529. The molecule has 22 heavy (non-hydrogen) atoms. The summed E-state index contributed by atoms with van der Waals surface area (Å²) in [6.45, 7) is 1.99. The lowest BCUT2D eigenvalue weighted by molar-refractivity contribution is -0.127. The first kappa shape index (κ1) is 15.3. The Balaban J connectivity index is 1.70. The van der Waals surface area contributed by atoms with Crippen LogP contribution in [0.2, 0.25) is 5.02 Å². The molecule has 0 bridgehead atoms. The van der Waals surface area contributed by atoms with E-state index in [4.69, 9.17) is 11.6 Å². The summed E-state index contributed by atoms with van der Waals surface area (Å²) >= 11 is 5.87. The second kappa shape index (κ2) is 6.68. The van der Waals surface area contributed by atoms with Gasteiger partial charge in [0.1, 0.15) is 6.04 Å². The van der Waals surface area contributed by atoms with E-state index in [-0.39, 0.29) is 11.9 Å². The van der Waals surface area contributed by atoms with Crippen molar-refractivity contribution in [3.8, 4) is 6.07 Å². The van der Waals surface area contributed by atoms with Gasteiger partial charge in [0.05, 0.1) is 12.1 Å². The molecule has 1 aromatic carbocycles. The van der Waals surface area contributed by atoms with E-state index in [1.54, 1.807) is 24.3 Å². The third-order valence-corrected chi connectivity index (χ3v) is 4.74. The average Bonchev–Trinajstić information content (AvgIpc) is 3.20. The van der Waals surface area contributed by atoms with Gasteiger partial charge >= 0.3 is 0 Å². The predicted octanol–water partition coefficient (Wildman–Crippen LogP) is 2.90. The van der Waals surface area contributed by atoms with E-state index in [9.17, 15) is 10.1 Å². The summed E-state index contributed by atoms with van der Waals surface area (Å²) in [6, 6.07) is 8.56. The van der Waals surface area contributed by atoms with Crippen LogP contribution in [-0.4, -0.2) is 29.9 Å². The third kappa shape index (κ3) is 3.43. The highest BCUT2D eigenvalue weighted by Crippen LogP contribution is 2.37. The van der Waals surface area contributed by atoms with E-state index in [2.05, 4.69) is 16.3 Å². The van der Waals surface area contributed by atoms with Crippen molar-refractivity contribution in [2.24, 2.45) is 5.92 Å². The van der Waals surface area contributed by atoms with Gasteiger partial charge in [0.25, 0.3) is 0 Å². The Kier molecular flexibility index (Phi) is 4.66.